The second kappa shape index (κ2) is 5.15. The molecular formula is C15H18N2O3. The zero-order valence-corrected chi connectivity index (χ0v) is 11.5. The van der Waals surface area contributed by atoms with E-state index >= 15 is 0 Å². The molecule has 1 aliphatic carbocycles. The lowest BCUT2D eigenvalue weighted by Crippen LogP contribution is -2.35. The van der Waals surface area contributed by atoms with E-state index in [0.717, 1.165) is 25.7 Å². The zero-order valence-electron chi connectivity index (χ0n) is 11.5. The number of nitrogens with zero attached hydrogens (tertiary/aromatic N) is 1. The van der Waals surface area contributed by atoms with Crippen molar-refractivity contribution in [3.8, 4) is 5.75 Å². The minimum absolute atomic E-state index is 0.0667. The van der Waals surface area contributed by atoms with E-state index in [0.29, 0.717) is 17.1 Å². The van der Waals surface area contributed by atoms with Gasteiger partial charge in [-0.3, -0.25) is 9.59 Å². The third-order valence-electron chi connectivity index (χ3n) is 4.04. The van der Waals surface area contributed by atoms with E-state index in [1.54, 1.807) is 24.1 Å². The summed E-state index contributed by atoms with van der Waals surface area (Å²) >= 11 is 0. The van der Waals surface area contributed by atoms with Crippen LogP contribution >= 0.6 is 0 Å². The van der Waals surface area contributed by atoms with Gasteiger partial charge in [-0.15, -0.1) is 0 Å². The molecule has 0 unspecified atom stereocenters. The molecule has 0 spiro atoms. The number of carbonyl (C=O) groups excluding carboxylic acids is 2. The van der Waals surface area contributed by atoms with Gasteiger partial charge >= 0.3 is 0 Å². The highest BCUT2D eigenvalue weighted by atomic mass is 16.5. The van der Waals surface area contributed by atoms with Gasteiger partial charge in [0.2, 0.25) is 5.91 Å². The molecule has 2 aliphatic rings. The minimum Gasteiger partial charge on any atom is -0.482 e. The summed E-state index contributed by atoms with van der Waals surface area (Å²) in [6.45, 7) is 0.0667. The van der Waals surface area contributed by atoms with Gasteiger partial charge in [-0.2, -0.15) is 0 Å². The molecule has 3 rings (SSSR count). The van der Waals surface area contributed by atoms with Crippen molar-refractivity contribution in [3.63, 3.8) is 0 Å². The van der Waals surface area contributed by atoms with Crippen LogP contribution in [0, 0.1) is 5.92 Å². The summed E-state index contributed by atoms with van der Waals surface area (Å²) < 4.78 is 5.36. The first-order valence-electron chi connectivity index (χ1n) is 6.99. The third-order valence-corrected chi connectivity index (χ3v) is 4.04. The molecule has 106 valence electrons. The molecule has 0 radical (unpaired) electrons. The van der Waals surface area contributed by atoms with Gasteiger partial charge in [-0.05, 0) is 31.0 Å². The van der Waals surface area contributed by atoms with E-state index < -0.39 is 0 Å². The average Bonchev–Trinajstić information content (AvgIpc) is 2.98. The van der Waals surface area contributed by atoms with Crippen molar-refractivity contribution in [3.05, 3.63) is 18.2 Å². The average molecular weight is 274 g/mol. The van der Waals surface area contributed by atoms with E-state index in [9.17, 15) is 9.59 Å². The summed E-state index contributed by atoms with van der Waals surface area (Å²) in [5.41, 5.74) is 1.41. The van der Waals surface area contributed by atoms with Crippen LogP contribution in [0.2, 0.25) is 0 Å². The number of ether oxygens (including phenoxy) is 1. The molecule has 0 atom stereocenters. The number of fused-ring (bicyclic) bond motifs is 1. The molecule has 1 heterocycles. The minimum atomic E-state index is -0.0863. The number of amides is 2. The van der Waals surface area contributed by atoms with E-state index in [-0.39, 0.29) is 24.3 Å². The smallest absolute Gasteiger partial charge is 0.264 e. The van der Waals surface area contributed by atoms with Crippen molar-refractivity contribution < 1.29 is 14.3 Å². The quantitative estimate of drug-likeness (QED) is 0.899. The molecule has 5 heteroatoms. The number of benzene rings is 1. The van der Waals surface area contributed by atoms with Crippen LogP contribution in [0.5, 0.6) is 5.75 Å². The summed E-state index contributed by atoms with van der Waals surface area (Å²) in [4.78, 5) is 25.3. The molecule has 1 N–H and O–H groups in total. The van der Waals surface area contributed by atoms with Crippen molar-refractivity contribution in [2.45, 2.75) is 25.7 Å². The maximum atomic E-state index is 12.1. The fourth-order valence-corrected chi connectivity index (χ4v) is 2.78. The van der Waals surface area contributed by atoms with Gasteiger partial charge in [-0.25, -0.2) is 0 Å². The first-order valence-corrected chi connectivity index (χ1v) is 6.99. The van der Waals surface area contributed by atoms with Crippen molar-refractivity contribution in [2.24, 2.45) is 5.92 Å². The second-order valence-electron chi connectivity index (χ2n) is 5.39. The fourth-order valence-electron chi connectivity index (χ4n) is 2.78. The van der Waals surface area contributed by atoms with Gasteiger partial charge in [-0.1, -0.05) is 12.8 Å². The molecule has 1 aromatic carbocycles. The molecule has 1 aliphatic heterocycles. The Kier molecular flexibility index (Phi) is 3.34. The van der Waals surface area contributed by atoms with Crippen LogP contribution in [0.25, 0.3) is 0 Å². The Labute approximate surface area is 117 Å². The van der Waals surface area contributed by atoms with E-state index in [1.807, 2.05) is 6.07 Å². The van der Waals surface area contributed by atoms with E-state index in [1.165, 1.54) is 0 Å². The van der Waals surface area contributed by atoms with Crippen LogP contribution in [0.1, 0.15) is 25.7 Å². The third kappa shape index (κ3) is 2.35. The first kappa shape index (κ1) is 13.0. The van der Waals surface area contributed by atoms with Crippen LogP contribution in [-0.4, -0.2) is 25.5 Å². The van der Waals surface area contributed by atoms with Gasteiger partial charge in [0, 0.05) is 18.7 Å². The van der Waals surface area contributed by atoms with Crippen LogP contribution in [0.15, 0.2) is 18.2 Å². The summed E-state index contributed by atoms with van der Waals surface area (Å²) in [5, 5.41) is 2.94. The number of anilines is 2. The number of hydrogen-bond acceptors (Lipinski definition) is 3. The number of nitrogens with one attached hydrogen (secondary N) is 1. The number of rotatable bonds is 2. The van der Waals surface area contributed by atoms with E-state index in [2.05, 4.69) is 5.32 Å². The standard InChI is InChI=1S/C15H18N2O3/c1-17-12-8-11(6-7-13(12)20-9-14(17)18)16-15(19)10-4-2-3-5-10/h6-8,10H,2-5,9H2,1H3,(H,16,19). The molecule has 1 aromatic rings. The largest absolute Gasteiger partial charge is 0.482 e. The van der Waals surface area contributed by atoms with Crippen LogP contribution in [-0.2, 0) is 9.59 Å². The first-order chi connectivity index (χ1) is 9.65. The Morgan fingerprint density at radius 3 is 2.85 bits per heavy atom. The van der Waals surface area contributed by atoms with Gasteiger partial charge in [0.15, 0.2) is 6.61 Å². The van der Waals surface area contributed by atoms with Crippen molar-refractivity contribution in [2.75, 3.05) is 23.9 Å². The fraction of sp³-hybridized carbons (Fsp3) is 0.467. The van der Waals surface area contributed by atoms with Crippen molar-refractivity contribution in [1.82, 2.24) is 0 Å². The maximum Gasteiger partial charge on any atom is 0.264 e. The normalized spacial score (nSPS) is 18.6. The highest BCUT2D eigenvalue weighted by molar-refractivity contribution is 5.99. The van der Waals surface area contributed by atoms with Crippen LogP contribution in [0.3, 0.4) is 0 Å². The van der Waals surface area contributed by atoms with Gasteiger partial charge < -0.3 is 15.0 Å². The highest BCUT2D eigenvalue weighted by Crippen LogP contribution is 2.34. The lowest BCUT2D eigenvalue weighted by Gasteiger charge is -2.26. The Balaban J connectivity index is 1.78. The van der Waals surface area contributed by atoms with Gasteiger partial charge in [0.1, 0.15) is 5.75 Å². The molecule has 1 saturated carbocycles. The summed E-state index contributed by atoms with van der Waals surface area (Å²) in [5.74, 6) is 0.789. The molecule has 20 heavy (non-hydrogen) atoms. The van der Waals surface area contributed by atoms with Gasteiger partial charge in [0.05, 0.1) is 5.69 Å². The lowest BCUT2D eigenvalue weighted by molar-refractivity contribution is -0.121. The number of hydrogen-bond donors (Lipinski definition) is 1. The molecule has 0 saturated heterocycles. The topological polar surface area (TPSA) is 58.6 Å². The van der Waals surface area contributed by atoms with Crippen molar-refractivity contribution in [1.29, 1.82) is 0 Å². The predicted molar refractivity (Wildman–Crippen MR) is 75.9 cm³/mol. The number of likely N-dealkylation sites (N-methyl/N-ethyl adjacent to an activating group) is 1. The Morgan fingerprint density at radius 1 is 1.35 bits per heavy atom. The molecule has 1 fully saturated rings. The Hall–Kier alpha value is -2.04. The SMILES string of the molecule is CN1C(=O)COc2ccc(NC(=O)C3CCCC3)cc21. The van der Waals surface area contributed by atoms with Crippen molar-refractivity contribution >= 4 is 23.2 Å². The zero-order chi connectivity index (χ0) is 14.1. The Morgan fingerprint density at radius 2 is 2.10 bits per heavy atom. The molecule has 5 nitrogen and oxygen atoms in total. The van der Waals surface area contributed by atoms with Crippen LogP contribution in [0.4, 0.5) is 11.4 Å². The molecule has 0 bridgehead atoms. The monoisotopic (exact) mass is 274 g/mol. The predicted octanol–water partition coefficient (Wildman–Crippen LogP) is 2.17. The van der Waals surface area contributed by atoms with Crippen LogP contribution < -0.4 is 15.0 Å². The maximum absolute atomic E-state index is 12.1. The molecule has 0 aromatic heterocycles. The summed E-state index contributed by atoms with van der Waals surface area (Å²) in [7, 11) is 1.71. The summed E-state index contributed by atoms with van der Waals surface area (Å²) in [6, 6.07) is 5.40. The van der Waals surface area contributed by atoms with E-state index in [4.69, 9.17) is 4.74 Å². The molecular weight excluding hydrogens is 256 g/mol. The second-order valence-corrected chi connectivity index (χ2v) is 5.39. The molecule has 2 amide bonds. The summed E-state index contributed by atoms with van der Waals surface area (Å²) in [6.07, 6.45) is 4.21. The Bertz CT molecular complexity index is 550. The highest BCUT2D eigenvalue weighted by Gasteiger charge is 2.25. The number of carbonyl (C=O) groups is 2. The van der Waals surface area contributed by atoms with Gasteiger partial charge in [0.25, 0.3) is 5.91 Å². The lowest BCUT2D eigenvalue weighted by atomic mass is 10.1.